The minimum atomic E-state index is -0.587. The minimum absolute atomic E-state index is 0.0394. The monoisotopic (exact) mass is 447 g/mol. The van der Waals surface area contributed by atoms with Crippen LogP contribution in [0.25, 0.3) is 0 Å². The number of carbonyl (C=O) groups excluding carboxylic acids is 2. The molecule has 2 atom stereocenters. The minimum Gasteiger partial charge on any atom is -0.493 e. The molecule has 7 nitrogen and oxygen atoms in total. The lowest BCUT2D eigenvalue weighted by Crippen LogP contribution is -2.37. The van der Waals surface area contributed by atoms with Gasteiger partial charge in [-0.25, -0.2) is 4.98 Å². The zero-order valence-electron chi connectivity index (χ0n) is 19.6. The summed E-state index contributed by atoms with van der Waals surface area (Å²) in [6, 6.07) is 11.0. The van der Waals surface area contributed by atoms with Gasteiger partial charge in [0.25, 0.3) is 5.91 Å². The fourth-order valence-electron chi connectivity index (χ4n) is 4.78. The Kier molecular flexibility index (Phi) is 6.22. The van der Waals surface area contributed by atoms with E-state index >= 15 is 0 Å². The van der Waals surface area contributed by atoms with Crippen LogP contribution in [0.2, 0.25) is 0 Å². The summed E-state index contributed by atoms with van der Waals surface area (Å²) in [5.41, 5.74) is 4.18. The zero-order valence-corrected chi connectivity index (χ0v) is 19.6. The maximum atomic E-state index is 13.6. The fraction of sp³-hybridized carbons (Fsp3) is 0.346. The fourth-order valence-corrected chi connectivity index (χ4v) is 4.78. The van der Waals surface area contributed by atoms with Gasteiger partial charge in [-0.1, -0.05) is 25.1 Å². The van der Waals surface area contributed by atoms with Crippen molar-refractivity contribution in [3.63, 3.8) is 0 Å². The number of rotatable bonds is 5. The highest BCUT2D eigenvalue weighted by Crippen LogP contribution is 2.48. The van der Waals surface area contributed by atoms with Gasteiger partial charge in [-0.05, 0) is 44.4 Å². The van der Waals surface area contributed by atoms with Crippen molar-refractivity contribution in [1.82, 2.24) is 10.3 Å². The highest BCUT2D eigenvalue weighted by molar-refractivity contribution is 6.09. The number of ketones is 1. The molecule has 0 saturated heterocycles. The molecule has 0 spiro atoms. The van der Waals surface area contributed by atoms with Gasteiger partial charge in [-0.3, -0.25) is 9.59 Å². The van der Waals surface area contributed by atoms with Crippen molar-refractivity contribution >= 4 is 17.5 Å². The van der Waals surface area contributed by atoms with Crippen LogP contribution in [0.4, 0.5) is 5.82 Å². The Morgan fingerprint density at radius 2 is 1.85 bits per heavy atom. The van der Waals surface area contributed by atoms with Gasteiger partial charge in [0.05, 0.1) is 20.1 Å². The summed E-state index contributed by atoms with van der Waals surface area (Å²) in [6.45, 7) is 5.80. The molecule has 1 aliphatic carbocycles. The van der Waals surface area contributed by atoms with Gasteiger partial charge < -0.3 is 20.1 Å². The molecule has 2 heterocycles. The molecule has 1 aromatic heterocycles. The first-order valence-corrected chi connectivity index (χ1v) is 11.0. The number of carbonyl (C=O) groups is 2. The Hall–Kier alpha value is -3.61. The van der Waals surface area contributed by atoms with Crippen LogP contribution in [0, 0.1) is 12.8 Å². The number of amides is 1. The van der Waals surface area contributed by atoms with E-state index in [-0.39, 0.29) is 17.6 Å². The van der Waals surface area contributed by atoms with Gasteiger partial charge in [0.15, 0.2) is 17.3 Å². The van der Waals surface area contributed by atoms with Crippen molar-refractivity contribution in [2.24, 2.45) is 5.92 Å². The van der Waals surface area contributed by atoms with Crippen LogP contribution in [0.15, 0.2) is 58.9 Å². The van der Waals surface area contributed by atoms with Crippen molar-refractivity contribution < 1.29 is 19.1 Å². The third-order valence-electron chi connectivity index (χ3n) is 6.15. The SMILES string of the molecule is COc1cccc([C@@H]2C(C(=O)Nc3cccc(C)n3)=C(C)NC3=C2C(=O)C[C@H](C)C3)c1OC. The average molecular weight is 448 g/mol. The van der Waals surface area contributed by atoms with Crippen LogP contribution in [0.3, 0.4) is 0 Å². The number of hydrogen-bond acceptors (Lipinski definition) is 6. The summed E-state index contributed by atoms with van der Waals surface area (Å²) in [7, 11) is 3.13. The molecule has 1 amide bonds. The lowest BCUT2D eigenvalue weighted by Gasteiger charge is -2.36. The van der Waals surface area contributed by atoms with Crippen LogP contribution < -0.4 is 20.1 Å². The second-order valence-electron chi connectivity index (χ2n) is 8.63. The number of nitrogens with zero attached hydrogens (tertiary/aromatic N) is 1. The normalized spacial score (nSPS) is 20.2. The summed E-state index contributed by atoms with van der Waals surface area (Å²) in [6.07, 6.45) is 1.19. The first kappa shape index (κ1) is 22.6. The number of aromatic nitrogens is 1. The molecule has 2 N–H and O–H groups in total. The topological polar surface area (TPSA) is 89.5 Å². The third-order valence-corrected chi connectivity index (χ3v) is 6.15. The van der Waals surface area contributed by atoms with Gasteiger partial charge in [0, 0.05) is 40.2 Å². The first-order chi connectivity index (χ1) is 15.8. The summed E-state index contributed by atoms with van der Waals surface area (Å²) in [4.78, 5) is 31.3. The molecule has 0 saturated carbocycles. The lowest BCUT2D eigenvalue weighted by molar-refractivity contribution is -0.117. The number of hydrogen-bond donors (Lipinski definition) is 2. The highest BCUT2D eigenvalue weighted by Gasteiger charge is 2.41. The van der Waals surface area contributed by atoms with Gasteiger partial charge in [0.1, 0.15) is 5.82 Å². The molecule has 0 fully saturated rings. The molecule has 0 unspecified atom stereocenters. The van der Waals surface area contributed by atoms with E-state index in [2.05, 4.69) is 22.5 Å². The second-order valence-corrected chi connectivity index (χ2v) is 8.63. The second kappa shape index (κ2) is 9.10. The predicted molar refractivity (Wildman–Crippen MR) is 126 cm³/mol. The Balaban J connectivity index is 1.87. The molecule has 1 aromatic carbocycles. The molecule has 7 heteroatoms. The number of para-hydroxylation sites is 1. The van der Waals surface area contributed by atoms with Gasteiger partial charge in [0.2, 0.25) is 0 Å². The number of ether oxygens (including phenoxy) is 2. The highest BCUT2D eigenvalue weighted by atomic mass is 16.5. The number of pyridine rings is 1. The lowest BCUT2D eigenvalue weighted by atomic mass is 9.72. The van der Waals surface area contributed by atoms with Gasteiger partial charge in [-0.2, -0.15) is 0 Å². The van der Waals surface area contributed by atoms with E-state index in [1.54, 1.807) is 26.4 Å². The van der Waals surface area contributed by atoms with Crippen molar-refractivity contribution in [1.29, 1.82) is 0 Å². The van der Waals surface area contributed by atoms with E-state index < -0.39 is 5.92 Å². The van der Waals surface area contributed by atoms with E-state index in [4.69, 9.17) is 9.47 Å². The molecule has 172 valence electrons. The van der Waals surface area contributed by atoms with E-state index in [0.717, 1.165) is 23.4 Å². The zero-order chi connectivity index (χ0) is 23.7. The molecule has 0 bridgehead atoms. The third kappa shape index (κ3) is 4.23. The maximum absolute atomic E-state index is 13.6. The summed E-state index contributed by atoms with van der Waals surface area (Å²) >= 11 is 0. The number of nitrogens with one attached hydrogen (secondary N) is 2. The van der Waals surface area contributed by atoms with Crippen LogP contribution >= 0.6 is 0 Å². The number of allylic oxidation sites excluding steroid dienone is 3. The van der Waals surface area contributed by atoms with E-state index in [1.807, 2.05) is 38.1 Å². The summed E-state index contributed by atoms with van der Waals surface area (Å²) in [5, 5.41) is 6.27. The molecule has 0 radical (unpaired) electrons. The number of benzene rings is 1. The number of aryl methyl sites for hydroxylation is 1. The molecular weight excluding hydrogens is 418 g/mol. The molecule has 2 aromatic rings. The van der Waals surface area contributed by atoms with Crippen LogP contribution in [-0.4, -0.2) is 30.9 Å². The number of anilines is 1. The largest absolute Gasteiger partial charge is 0.493 e. The van der Waals surface area contributed by atoms with Crippen LogP contribution in [0.1, 0.15) is 43.9 Å². The van der Waals surface area contributed by atoms with Crippen molar-refractivity contribution in [2.45, 2.75) is 39.5 Å². The molecular formula is C26H29N3O4. The predicted octanol–water partition coefficient (Wildman–Crippen LogP) is 4.26. The number of dihydropyridines is 1. The smallest absolute Gasteiger partial charge is 0.255 e. The average Bonchev–Trinajstić information content (AvgIpc) is 2.77. The summed E-state index contributed by atoms with van der Waals surface area (Å²) < 4.78 is 11.2. The van der Waals surface area contributed by atoms with Crippen molar-refractivity contribution in [3.8, 4) is 11.5 Å². The quantitative estimate of drug-likeness (QED) is 0.712. The molecule has 4 rings (SSSR count). The van der Waals surface area contributed by atoms with E-state index in [1.165, 1.54) is 0 Å². The van der Waals surface area contributed by atoms with Crippen molar-refractivity contribution in [2.75, 3.05) is 19.5 Å². The number of methoxy groups -OCH3 is 2. The Bertz CT molecular complexity index is 1180. The number of Topliss-reactive ketones (excluding diaryl/α,β-unsaturated/α-hetero) is 1. The standard InChI is InChI=1S/C26H29N3O4/c1-14-12-18-24(19(30)13-14)23(17-9-7-10-20(32-4)25(17)33-5)22(16(3)28-18)26(31)29-21-11-6-8-15(2)27-21/h6-11,14,23,28H,12-13H2,1-5H3,(H,27,29,31)/t14-,23-/m1/s1. The van der Waals surface area contributed by atoms with Crippen molar-refractivity contribution in [3.05, 3.63) is 70.2 Å². The molecule has 33 heavy (non-hydrogen) atoms. The Morgan fingerprint density at radius 1 is 1.09 bits per heavy atom. The maximum Gasteiger partial charge on any atom is 0.255 e. The Morgan fingerprint density at radius 3 is 2.55 bits per heavy atom. The van der Waals surface area contributed by atoms with E-state index in [9.17, 15) is 9.59 Å². The molecule has 2 aliphatic rings. The summed E-state index contributed by atoms with van der Waals surface area (Å²) in [5.74, 6) is 0.887. The van der Waals surface area contributed by atoms with Gasteiger partial charge >= 0.3 is 0 Å². The van der Waals surface area contributed by atoms with Gasteiger partial charge in [-0.15, -0.1) is 0 Å². The van der Waals surface area contributed by atoms with E-state index in [0.29, 0.717) is 40.6 Å². The van der Waals surface area contributed by atoms with Crippen LogP contribution in [0.5, 0.6) is 11.5 Å². The Labute approximate surface area is 193 Å². The molecule has 1 aliphatic heterocycles. The first-order valence-electron chi connectivity index (χ1n) is 11.0. The van der Waals surface area contributed by atoms with Crippen LogP contribution in [-0.2, 0) is 9.59 Å².